The first-order chi connectivity index (χ1) is 9.74. The van der Waals surface area contributed by atoms with Gasteiger partial charge in [-0.1, -0.05) is 19.8 Å². The maximum absolute atomic E-state index is 5.51. The monoisotopic (exact) mass is 275 g/mol. The zero-order valence-corrected chi connectivity index (χ0v) is 12.4. The minimum absolute atomic E-state index is 0.645. The second-order valence-electron chi connectivity index (χ2n) is 6.22. The Balaban J connectivity index is 1.74. The van der Waals surface area contributed by atoms with Gasteiger partial charge in [-0.2, -0.15) is 0 Å². The summed E-state index contributed by atoms with van der Waals surface area (Å²) in [4.78, 5) is 11.4. The van der Waals surface area contributed by atoms with Crippen LogP contribution in [0.2, 0.25) is 0 Å². The summed E-state index contributed by atoms with van der Waals surface area (Å²) in [5, 5.41) is 0. The number of nitrogens with two attached hydrogens (primary N) is 1. The lowest BCUT2D eigenvalue weighted by Gasteiger charge is -2.40. The van der Waals surface area contributed by atoms with Crippen molar-refractivity contribution in [2.75, 3.05) is 23.4 Å². The maximum Gasteiger partial charge on any atom is 0.145 e. The summed E-state index contributed by atoms with van der Waals surface area (Å²) in [6.07, 6.45) is 9.16. The lowest BCUT2D eigenvalue weighted by atomic mass is 9.77. The Kier molecular flexibility index (Phi) is 3.78. The van der Waals surface area contributed by atoms with Crippen LogP contribution in [-0.4, -0.2) is 23.1 Å². The van der Waals surface area contributed by atoms with E-state index < -0.39 is 0 Å². The van der Waals surface area contributed by atoms with Crippen molar-refractivity contribution in [3.8, 4) is 0 Å². The van der Waals surface area contributed by atoms with Gasteiger partial charge >= 0.3 is 0 Å². The van der Waals surface area contributed by atoms with E-state index in [0.29, 0.717) is 11.2 Å². The molecule has 20 heavy (non-hydrogen) atoms. The van der Waals surface area contributed by atoms with Crippen LogP contribution < -0.4 is 16.2 Å². The number of piperidine rings is 1. The molecular weight excluding hydrogens is 250 g/mol. The predicted octanol–water partition coefficient (Wildman–Crippen LogP) is 2.49. The van der Waals surface area contributed by atoms with Gasteiger partial charge in [-0.05, 0) is 31.1 Å². The van der Waals surface area contributed by atoms with Crippen molar-refractivity contribution in [1.82, 2.24) is 9.97 Å². The molecule has 5 nitrogen and oxygen atoms in total. The highest BCUT2D eigenvalue weighted by Crippen LogP contribution is 2.46. The standard InChI is InChI=1S/C15H25N5/c1-2-12-17-13(19-16)11-14(18-12)20-9-7-15(8-10-20)5-3-4-6-15/h11H,2-10,16H2,1H3,(H,17,18,19). The second-order valence-corrected chi connectivity index (χ2v) is 6.22. The number of anilines is 2. The molecule has 1 aromatic heterocycles. The Morgan fingerprint density at radius 1 is 1.20 bits per heavy atom. The van der Waals surface area contributed by atoms with Gasteiger partial charge in [0.2, 0.25) is 0 Å². The second kappa shape index (κ2) is 5.56. The number of aromatic nitrogens is 2. The first-order valence-electron chi connectivity index (χ1n) is 7.84. The summed E-state index contributed by atoms with van der Waals surface area (Å²) in [6.45, 7) is 4.30. The molecule has 1 aliphatic carbocycles. The molecule has 2 aliphatic rings. The highest BCUT2D eigenvalue weighted by atomic mass is 15.3. The Bertz CT molecular complexity index is 435. The molecule has 3 rings (SSSR count). The molecule has 3 N–H and O–H groups in total. The van der Waals surface area contributed by atoms with Crippen molar-refractivity contribution in [1.29, 1.82) is 0 Å². The van der Waals surface area contributed by atoms with Crippen molar-refractivity contribution in [3.05, 3.63) is 11.9 Å². The van der Waals surface area contributed by atoms with Crippen LogP contribution in [0.25, 0.3) is 0 Å². The fourth-order valence-corrected chi connectivity index (χ4v) is 3.71. The summed E-state index contributed by atoms with van der Waals surface area (Å²) >= 11 is 0. The van der Waals surface area contributed by atoms with Crippen LogP contribution in [0.15, 0.2) is 6.07 Å². The van der Waals surface area contributed by atoms with E-state index >= 15 is 0 Å². The third-order valence-corrected chi connectivity index (χ3v) is 5.04. The third-order valence-electron chi connectivity index (χ3n) is 5.04. The molecule has 0 bridgehead atoms. The summed E-state index contributed by atoms with van der Waals surface area (Å²) in [5.74, 6) is 8.11. The number of hydrogen-bond donors (Lipinski definition) is 2. The first-order valence-corrected chi connectivity index (χ1v) is 7.84. The van der Waals surface area contributed by atoms with E-state index in [1.807, 2.05) is 6.07 Å². The number of nitrogens with one attached hydrogen (secondary N) is 1. The molecule has 2 fully saturated rings. The average molecular weight is 275 g/mol. The molecule has 0 unspecified atom stereocenters. The zero-order valence-electron chi connectivity index (χ0n) is 12.4. The van der Waals surface area contributed by atoms with E-state index in [1.165, 1.54) is 38.5 Å². The van der Waals surface area contributed by atoms with Crippen LogP contribution in [0, 0.1) is 5.41 Å². The van der Waals surface area contributed by atoms with Crippen molar-refractivity contribution < 1.29 is 0 Å². The molecule has 2 heterocycles. The Morgan fingerprint density at radius 2 is 1.90 bits per heavy atom. The number of rotatable bonds is 3. The SMILES string of the molecule is CCc1nc(NN)cc(N2CCC3(CCCC3)CC2)n1. The first kappa shape index (κ1) is 13.6. The molecule has 0 radical (unpaired) electrons. The summed E-state index contributed by atoms with van der Waals surface area (Å²) in [6, 6.07) is 1.96. The molecule has 110 valence electrons. The Hall–Kier alpha value is -1.36. The molecule has 1 saturated carbocycles. The zero-order chi connectivity index (χ0) is 14.0. The van der Waals surface area contributed by atoms with Gasteiger partial charge in [-0.15, -0.1) is 0 Å². The van der Waals surface area contributed by atoms with E-state index in [-0.39, 0.29) is 0 Å². The van der Waals surface area contributed by atoms with Gasteiger partial charge in [0.15, 0.2) is 0 Å². The van der Waals surface area contributed by atoms with Gasteiger partial charge in [0.05, 0.1) is 0 Å². The topological polar surface area (TPSA) is 67.1 Å². The number of aryl methyl sites for hydroxylation is 1. The molecule has 1 aliphatic heterocycles. The third kappa shape index (κ3) is 2.59. The lowest BCUT2D eigenvalue weighted by molar-refractivity contribution is 0.226. The van der Waals surface area contributed by atoms with Crippen LogP contribution in [0.3, 0.4) is 0 Å². The number of nitrogens with zero attached hydrogens (tertiary/aromatic N) is 3. The van der Waals surface area contributed by atoms with Crippen molar-refractivity contribution >= 4 is 11.6 Å². The van der Waals surface area contributed by atoms with E-state index in [9.17, 15) is 0 Å². The fourth-order valence-electron chi connectivity index (χ4n) is 3.71. The van der Waals surface area contributed by atoms with Gasteiger partial charge in [0.25, 0.3) is 0 Å². The van der Waals surface area contributed by atoms with E-state index in [4.69, 9.17) is 5.84 Å². The Labute approximate surface area is 120 Å². The Morgan fingerprint density at radius 3 is 2.50 bits per heavy atom. The molecule has 0 aromatic carbocycles. The average Bonchev–Trinajstić information content (AvgIpc) is 2.95. The number of nitrogen functional groups attached to an aromatic ring is 1. The smallest absolute Gasteiger partial charge is 0.145 e. The maximum atomic E-state index is 5.51. The van der Waals surface area contributed by atoms with Crippen LogP contribution in [-0.2, 0) is 6.42 Å². The molecule has 5 heteroatoms. The molecule has 0 amide bonds. The molecule has 0 atom stereocenters. The highest BCUT2D eigenvalue weighted by Gasteiger charge is 2.37. The summed E-state index contributed by atoms with van der Waals surface area (Å²) in [5.41, 5.74) is 3.30. The normalized spacial score (nSPS) is 21.4. The van der Waals surface area contributed by atoms with Crippen molar-refractivity contribution in [2.24, 2.45) is 11.3 Å². The summed E-state index contributed by atoms with van der Waals surface area (Å²) in [7, 11) is 0. The van der Waals surface area contributed by atoms with Crippen LogP contribution in [0.5, 0.6) is 0 Å². The van der Waals surface area contributed by atoms with Gasteiger partial charge in [0.1, 0.15) is 17.5 Å². The minimum atomic E-state index is 0.645. The predicted molar refractivity (Wildman–Crippen MR) is 81.6 cm³/mol. The quantitative estimate of drug-likeness (QED) is 0.655. The number of hydrogen-bond acceptors (Lipinski definition) is 5. The van der Waals surface area contributed by atoms with Crippen LogP contribution in [0.1, 0.15) is 51.3 Å². The van der Waals surface area contributed by atoms with E-state index in [1.54, 1.807) is 0 Å². The van der Waals surface area contributed by atoms with Gasteiger partial charge in [-0.3, -0.25) is 0 Å². The van der Waals surface area contributed by atoms with Gasteiger partial charge < -0.3 is 10.3 Å². The highest BCUT2D eigenvalue weighted by molar-refractivity contribution is 5.49. The van der Waals surface area contributed by atoms with Gasteiger partial charge in [0, 0.05) is 25.6 Å². The lowest BCUT2D eigenvalue weighted by Crippen LogP contribution is -2.39. The molecule has 1 saturated heterocycles. The van der Waals surface area contributed by atoms with E-state index in [0.717, 1.165) is 31.2 Å². The fraction of sp³-hybridized carbons (Fsp3) is 0.733. The minimum Gasteiger partial charge on any atom is -0.356 e. The molecular formula is C15H25N5. The van der Waals surface area contributed by atoms with Crippen molar-refractivity contribution in [2.45, 2.75) is 51.9 Å². The van der Waals surface area contributed by atoms with Gasteiger partial charge in [-0.25, -0.2) is 15.8 Å². The molecule has 1 aromatic rings. The largest absolute Gasteiger partial charge is 0.356 e. The molecule has 1 spiro atoms. The van der Waals surface area contributed by atoms with E-state index in [2.05, 4.69) is 27.2 Å². The van der Waals surface area contributed by atoms with Crippen LogP contribution >= 0.6 is 0 Å². The van der Waals surface area contributed by atoms with Crippen LogP contribution in [0.4, 0.5) is 11.6 Å². The summed E-state index contributed by atoms with van der Waals surface area (Å²) < 4.78 is 0. The van der Waals surface area contributed by atoms with Crippen molar-refractivity contribution in [3.63, 3.8) is 0 Å². The number of hydrazine groups is 1.